The smallest absolute Gasteiger partial charge is 0.486 e. The van der Waals surface area contributed by atoms with Gasteiger partial charge in [-0.2, -0.15) is 5.26 Å². The average molecular weight is 520 g/mol. The van der Waals surface area contributed by atoms with E-state index in [0.29, 0.717) is 0 Å². The van der Waals surface area contributed by atoms with E-state index in [1.807, 2.05) is 24.3 Å². The average Bonchev–Trinajstić information content (AvgIpc) is 2.81. The molecule has 0 atom stereocenters. The molecule has 0 saturated carbocycles. The Kier molecular flexibility index (Phi) is 12.1. The zero-order valence-corrected chi connectivity index (χ0v) is 24.1. The molecule has 2 aromatic rings. The van der Waals surface area contributed by atoms with Gasteiger partial charge in [0.25, 0.3) is 5.91 Å². The minimum Gasteiger partial charge on any atom is -0.486 e. The molecule has 1 fully saturated rings. The van der Waals surface area contributed by atoms with E-state index in [4.69, 9.17) is 4.74 Å². The van der Waals surface area contributed by atoms with Gasteiger partial charge in [-0.15, -0.1) is 0 Å². The Hall–Kier alpha value is -1.69. The molecule has 0 spiro atoms. The van der Waals surface area contributed by atoms with Crippen molar-refractivity contribution in [3.8, 4) is 6.07 Å². The molecule has 1 saturated heterocycles. The van der Waals surface area contributed by atoms with Crippen molar-refractivity contribution in [3.05, 3.63) is 54.5 Å². The van der Waals surface area contributed by atoms with Crippen molar-refractivity contribution in [2.75, 3.05) is 44.4 Å². The quantitative estimate of drug-likeness (QED) is 0.168. The Morgan fingerprint density at radius 2 is 1.79 bits per heavy atom. The van der Waals surface area contributed by atoms with Crippen molar-refractivity contribution >= 4 is 34.4 Å². The second-order valence-corrected chi connectivity index (χ2v) is 7.60. The summed E-state index contributed by atoms with van der Waals surface area (Å²) in [6.07, 6.45) is 5.36. The fourth-order valence-corrected chi connectivity index (χ4v) is 3.65. The predicted octanol–water partition coefficient (Wildman–Crippen LogP) is 0.251. The third-order valence-electron chi connectivity index (χ3n) is 5.27. The van der Waals surface area contributed by atoms with E-state index in [2.05, 4.69) is 40.1 Å². The largest absolute Gasteiger partial charge is 1.00 e. The van der Waals surface area contributed by atoms with Crippen LogP contribution >= 0.6 is 0 Å². The number of benzene rings is 2. The summed E-state index contributed by atoms with van der Waals surface area (Å²) in [4.78, 5) is 25.3. The van der Waals surface area contributed by atoms with Gasteiger partial charge in [-0.3, -0.25) is 16.5 Å². The van der Waals surface area contributed by atoms with Crippen LogP contribution in [0.15, 0.2) is 42.0 Å². The summed E-state index contributed by atoms with van der Waals surface area (Å²) < 4.78 is 9.88. The molecule has 1 N–H and O–H groups in total. The molecule has 3 rings (SSSR count). The molecular weight excluding hydrogens is 492 g/mol. The maximum Gasteiger partial charge on any atom is 1.00 e. The van der Waals surface area contributed by atoms with Crippen molar-refractivity contribution in [3.63, 3.8) is 0 Å². The summed E-state index contributed by atoms with van der Waals surface area (Å²) in [6, 6.07) is 14.3. The van der Waals surface area contributed by atoms with Gasteiger partial charge >= 0.3 is 58.2 Å². The van der Waals surface area contributed by atoms with Crippen molar-refractivity contribution < 1.29 is 77.3 Å². The minimum atomic E-state index is -0.609. The second kappa shape index (κ2) is 14.5. The maximum absolute atomic E-state index is 12.3. The number of fused-ring (bicyclic) bond motifs is 1. The van der Waals surface area contributed by atoms with Crippen LogP contribution in [-0.2, 0) is 19.1 Å². The first-order chi connectivity index (χ1) is 15.6. The number of amides is 1. The van der Waals surface area contributed by atoms with E-state index < -0.39 is 11.9 Å². The number of carbonyl (C=O) groups excluding carboxylic acids is 2. The fourth-order valence-electron chi connectivity index (χ4n) is 3.65. The van der Waals surface area contributed by atoms with Gasteiger partial charge in [0.05, 0.1) is 13.2 Å². The number of ether oxygens (including phenoxy) is 2. The number of nitrogens with zero attached hydrogens (tertiary/aromatic N) is 2. The third kappa shape index (κ3) is 8.87. The van der Waals surface area contributed by atoms with Crippen molar-refractivity contribution in [2.24, 2.45) is 0 Å². The van der Waals surface area contributed by atoms with Crippen LogP contribution < -0.4 is 68.4 Å². The number of hydrogen-bond acceptors (Lipinski definition) is 6. The Labute approximate surface area is 243 Å². The zero-order chi connectivity index (χ0) is 22.8. The Morgan fingerprint density at radius 1 is 1.06 bits per heavy atom. The molecule has 0 aliphatic carbocycles. The molecule has 0 radical (unpaired) electrons. The van der Waals surface area contributed by atoms with Crippen molar-refractivity contribution in [1.82, 2.24) is 5.32 Å². The molecule has 1 aliphatic rings. The van der Waals surface area contributed by atoms with Crippen molar-refractivity contribution in [2.45, 2.75) is 19.3 Å². The second-order valence-electron chi connectivity index (χ2n) is 7.60. The normalized spacial score (nSPS) is 13.7. The molecule has 2 aromatic carbocycles. The molecule has 0 bridgehead atoms. The third-order valence-corrected chi connectivity index (χ3v) is 5.27. The minimum absolute atomic E-state index is 0. The molecule has 168 valence electrons. The summed E-state index contributed by atoms with van der Waals surface area (Å²) in [5, 5.41) is 14.3. The van der Waals surface area contributed by atoms with E-state index in [1.165, 1.54) is 24.9 Å². The topological polar surface area (TPSA) is 91.7 Å². The number of esters is 1. The van der Waals surface area contributed by atoms with Crippen LogP contribution in [0.25, 0.3) is 16.8 Å². The first-order valence-electron chi connectivity index (χ1n) is 10.8. The molecule has 1 aliphatic heterocycles. The molecule has 0 unspecified atom stereocenters. The molecule has 33 heavy (non-hydrogen) atoms. The number of anilines is 1. The molecule has 0 aromatic heterocycles. The van der Waals surface area contributed by atoms with E-state index in [9.17, 15) is 14.9 Å². The molecule has 1 amide bonds. The van der Waals surface area contributed by atoms with E-state index in [-0.39, 0.29) is 90.1 Å². The fraction of sp³-hybridized carbons (Fsp3) is 0.360. The molecular formula is C25H28N3O4Rb. The van der Waals surface area contributed by atoms with Gasteiger partial charge in [0.15, 0.2) is 5.97 Å². The number of piperidine rings is 1. The van der Waals surface area contributed by atoms with Gasteiger partial charge < -0.3 is 19.7 Å². The Morgan fingerprint density at radius 3 is 2.52 bits per heavy atom. The Balaban J connectivity index is 0.00000385. The first kappa shape index (κ1) is 27.5. The van der Waals surface area contributed by atoms with Gasteiger partial charge in [0, 0.05) is 25.3 Å². The van der Waals surface area contributed by atoms with Gasteiger partial charge in [-0.25, -0.2) is 0 Å². The van der Waals surface area contributed by atoms with Crippen LogP contribution in [0, 0.1) is 18.3 Å². The molecule has 8 heteroatoms. The van der Waals surface area contributed by atoms with Gasteiger partial charge in [0.2, 0.25) is 0 Å². The predicted molar refractivity (Wildman–Crippen MR) is 124 cm³/mol. The Bertz CT molecular complexity index is 1030. The maximum atomic E-state index is 12.3. The number of hydrogen-bond donors (Lipinski definition) is 1. The number of nitrogens with one attached hydrogen (secondary N) is 1. The van der Waals surface area contributed by atoms with Crippen LogP contribution in [-0.4, -0.2) is 51.3 Å². The van der Waals surface area contributed by atoms with Gasteiger partial charge in [-0.05, 0) is 59.9 Å². The van der Waals surface area contributed by atoms with E-state index in [1.54, 1.807) is 6.08 Å². The van der Waals surface area contributed by atoms with Crippen LogP contribution in [0.3, 0.4) is 0 Å². The van der Waals surface area contributed by atoms with E-state index in [0.717, 1.165) is 29.4 Å². The first-order valence-corrected chi connectivity index (χ1v) is 10.8. The summed E-state index contributed by atoms with van der Waals surface area (Å²) in [5.41, 5.74) is 2.06. The standard InChI is InChI=1S/C25H28N3O4.Rb/c1-19(29)32-14-13-31-12-9-27-25(30)23(18-26)16-20-5-6-22-17-24(8-7-21(22)15-20)28-10-3-2-4-11-28;/h5-8,15-17H,1-4,9-14H2,(H,27,30);/q-1;+1/b23-16+;. The van der Waals surface area contributed by atoms with Crippen LogP contribution in [0.1, 0.15) is 24.8 Å². The molecule has 7 nitrogen and oxygen atoms in total. The van der Waals surface area contributed by atoms with E-state index >= 15 is 0 Å². The monoisotopic (exact) mass is 519 g/mol. The van der Waals surface area contributed by atoms with Crippen molar-refractivity contribution in [1.29, 1.82) is 5.26 Å². The van der Waals surface area contributed by atoms with Gasteiger partial charge in [-0.1, -0.05) is 18.2 Å². The number of carbonyl (C=O) groups is 2. The summed E-state index contributed by atoms with van der Waals surface area (Å²) in [6.45, 7) is 6.10. The number of rotatable bonds is 9. The van der Waals surface area contributed by atoms with Gasteiger partial charge in [0.1, 0.15) is 18.2 Å². The number of nitriles is 1. The summed E-state index contributed by atoms with van der Waals surface area (Å²) in [7, 11) is 0. The zero-order valence-electron chi connectivity index (χ0n) is 19.1. The summed E-state index contributed by atoms with van der Waals surface area (Å²) >= 11 is 0. The molecule has 1 heterocycles. The summed E-state index contributed by atoms with van der Waals surface area (Å²) in [5.74, 6) is -1.07. The van der Waals surface area contributed by atoms with Crippen LogP contribution in [0.5, 0.6) is 0 Å². The van der Waals surface area contributed by atoms with Crippen LogP contribution in [0.4, 0.5) is 5.69 Å². The van der Waals surface area contributed by atoms with Crippen LogP contribution in [0.2, 0.25) is 0 Å². The SMILES string of the molecule is [CH2-]C(=O)OCCOCCNC(=O)/C(C#N)=C/c1ccc2cc(N3CCCCC3)ccc2c1.[Rb+].